The smallest absolute Gasteiger partial charge is 0.415 e. The zero-order valence-corrected chi connectivity index (χ0v) is 16.5. The zero-order chi connectivity index (χ0) is 20.9. The molecule has 2 heterocycles. The highest BCUT2D eigenvalue weighted by Crippen LogP contribution is 2.34. The number of fused-ring (bicyclic) bond motifs is 1. The van der Waals surface area contributed by atoms with Crippen LogP contribution in [0.1, 0.15) is 15.9 Å². The lowest BCUT2D eigenvalue weighted by Gasteiger charge is -2.25. The Bertz CT molecular complexity index is 1020. The van der Waals surface area contributed by atoms with Crippen molar-refractivity contribution in [2.75, 3.05) is 33.4 Å². The number of allylic oxidation sites excluding steroid dienone is 3. The van der Waals surface area contributed by atoms with Gasteiger partial charge in [0.1, 0.15) is 17.2 Å². The van der Waals surface area contributed by atoms with Gasteiger partial charge in [0.15, 0.2) is 5.76 Å². The maximum absolute atomic E-state index is 12.6. The number of carbonyl (C=O) groups excluding carboxylic acids is 2. The summed E-state index contributed by atoms with van der Waals surface area (Å²) in [5.74, 6) is 1.41. The Morgan fingerprint density at radius 2 is 1.93 bits per heavy atom. The molecule has 2 aliphatic rings. The number of methoxy groups -OCH3 is 1. The van der Waals surface area contributed by atoms with Crippen molar-refractivity contribution in [1.29, 1.82) is 0 Å². The SMILES string of the molecule is COc1ccccc1C=CC=C1Oc2cc(OC(=O)N3CCOCC3)ccc2C1=O. The first-order valence-electron chi connectivity index (χ1n) is 9.58. The standard InChI is InChI=1S/C23H21NO6/c1-27-19-7-3-2-5-16(19)6-4-8-20-22(25)18-10-9-17(15-21(18)30-20)29-23(26)24-11-13-28-14-12-24/h2-10,15H,11-14H2,1H3. The van der Waals surface area contributed by atoms with E-state index in [0.717, 1.165) is 11.3 Å². The molecule has 1 saturated heterocycles. The van der Waals surface area contributed by atoms with Crippen molar-refractivity contribution in [3.05, 3.63) is 71.5 Å². The molecule has 1 fully saturated rings. The number of amides is 1. The minimum absolute atomic E-state index is 0.202. The van der Waals surface area contributed by atoms with E-state index in [0.29, 0.717) is 43.4 Å². The molecule has 0 aromatic heterocycles. The number of para-hydroxylation sites is 1. The van der Waals surface area contributed by atoms with Gasteiger partial charge in [-0.3, -0.25) is 4.79 Å². The molecule has 30 heavy (non-hydrogen) atoms. The third-order valence-corrected chi connectivity index (χ3v) is 4.78. The summed E-state index contributed by atoms with van der Waals surface area (Å²) in [4.78, 5) is 26.4. The number of rotatable bonds is 4. The third kappa shape index (κ3) is 4.21. The zero-order valence-electron chi connectivity index (χ0n) is 16.5. The summed E-state index contributed by atoms with van der Waals surface area (Å²) >= 11 is 0. The molecule has 7 heteroatoms. The van der Waals surface area contributed by atoms with Gasteiger partial charge in [0.05, 0.1) is 25.9 Å². The summed E-state index contributed by atoms with van der Waals surface area (Å²) in [7, 11) is 1.61. The summed E-state index contributed by atoms with van der Waals surface area (Å²) in [6, 6.07) is 12.3. The van der Waals surface area contributed by atoms with Gasteiger partial charge in [0.25, 0.3) is 0 Å². The van der Waals surface area contributed by atoms with E-state index in [9.17, 15) is 9.59 Å². The number of morpholine rings is 1. The van der Waals surface area contributed by atoms with E-state index in [1.54, 1.807) is 42.4 Å². The maximum atomic E-state index is 12.6. The van der Waals surface area contributed by atoms with Crippen molar-refractivity contribution >= 4 is 18.0 Å². The predicted octanol–water partition coefficient (Wildman–Crippen LogP) is 3.70. The summed E-state index contributed by atoms with van der Waals surface area (Å²) in [6.07, 6.45) is 4.73. The van der Waals surface area contributed by atoms with E-state index in [1.165, 1.54) is 0 Å². The topological polar surface area (TPSA) is 74.3 Å². The lowest BCUT2D eigenvalue weighted by molar-refractivity contribution is 0.0416. The van der Waals surface area contributed by atoms with Gasteiger partial charge < -0.3 is 23.8 Å². The average molecular weight is 407 g/mol. The van der Waals surface area contributed by atoms with Crippen LogP contribution in [0.5, 0.6) is 17.2 Å². The first kappa shape index (κ1) is 19.7. The Hall–Kier alpha value is -3.58. The van der Waals surface area contributed by atoms with Crippen LogP contribution in [0.15, 0.2) is 60.4 Å². The van der Waals surface area contributed by atoms with Gasteiger partial charge in [-0.1, -0.05) is 30.4 Å². The van der Waals surface area contributed by atoms with E-state index < -0.39 is 6.09 Å². The molecule has 2 aromatic carbocycles. The molecule has 0 atom stereocenters. The van der Waals surface area contributed by atoms with Crippen LogP contribution in [0.4, 0.5) is 4.79 Å². The van der Waals surface area contributed by atoms with Gasteiger partial charge in [-0.2, -0.15) is 0 Å². The Balaban J connectivity index is 1.45. The van der Waals surface area contributed by atoms with Crippen LogP contribution >= 0.6 is 0 Å². The molecule has 0 saturated carbocycles. The normalized spacial score (nSPS) is 17.2. The van der Waals surface area contributed by atoms with Crippen LogP contribution in [0.3, 0.4) is 0 Å². The Morgan fingerprint density at radius 1 is 1.13 bits per heavy atom. The molecule has 2 aromatic rings. The number of benzene rings is 2. The highest BCUT2D eigenvalue weighted by atomic mass is 16.6. The number of hydrogen-bond acceptors (Lipinski definition) is 6. The fourth-order valence-corrected chi connectivity index (χ4v) is 3.20. The van der Waals surface area contributed by atoms with Crippen LogP contribution in [0, 0.1) is 0 Å². The highest BCUT2D eigenvalue weighted by molar-refractivity contribution is 6.12. The summed E-state index contributed by atoms with van der Waals surface area (Å²) in [5.41, 5.74) is 1.32. The second-order valence-electron chi connectivity index (χ2n) is 6.69. The van der Waals surface area contributed by atoms with Gasteiger partial charge in [0.2, 0.25) is 5.78 Å². The molecule has 7 nitrogen and oxygen atoms in total. The average Bonchev–Trinajstić information content (AvgIpc) is 3.09. The lowest BCUT2D eigenvalue weighted by atomic mass is 10.1. The van der Waals surface area contributed by atoms with Gasteiger partial charge >= 0.3 is 6.09 Å². The molecule has 1 amide bonds. The molecular formula is C23H21NO6. The largest absolute Gasteiger partial charge is 0.496 e. The van der Waals surface area contributed by atoms with Crippen molar-refractivity contribution in [2.24, 2.45) is 0 Å². The Labute approximate surface area is 174 Å². The number of ketones is 1. The van der Waals surface area contributed by atoms with Gasteiger partial charge in [-0.15, -0.1) is 0 Å². The van der Waals surface area contributed by atoms with E-state index in [4.69, 9.17) is 18.9 Å². The van der Waals surface area contributed by atoms with Crippen molar-refractivity contribution < 1.29 is 28.5 Å². The van der Waals surface area contributed by atoms with E-state index in [1.807, 2.05) is 30.3 Å². The summed E-state index contributed by atoms with van der Waals surface area (Å²) in [5, 5.41) is 0. The lowest BCUT2D eigenvalue weighted by Crippen LogP contribution is -2.42. The van der Waals surface area contributed by atoms with Crippen molar-refractivity contribution in [2.45, 2.75) is 0 Å². The Kier molecular flexibility index (Phi) is 5.81. The Morgan fingerprint density at radius 3 is 2.73 bits per heavy atom. The molecule has 0 aliphatic carbocycles. The van der Waals surface area contributed by atoms with E-state index in [2.05, 4.69) is 0 Å². The number of Topliss-reactive ketones (excluding diaryl/α,β-unsaturated/α-hetero) is 1. The molecule has 0 unspecified atom stereocenters. The van der Waals surface area contributed by atoms with Crippen LogP contribution < -0.4 is 14.2 Å². The van der Waals surface area contributed by atoms with Crippen LogP contribution in [0.25, 0.3) is 6.08 Å². The van der Waals surface area contributed by atoms with Gasteiger partial charge in [0, 0.05) is 24.7 Å². The maximum Gasteiger partial charge on any atom is 0.415 e. The number of hydrogen-bond donors (Lipinski definition) is 0. The molecule has 2 aliphatic heterocycles. The minimum atomic E-state index is -0.446. The number of carbonyl (C=O) groups is 2. The summed E-state index contributed by atoms with van der Waals surface area (Å²) in [6.45, 7) is 1.97. The van der Waals surface area contributed by atoms with Crippen LogP contribution in [-0.4, -0.2) is 50.2 Å². The fraction of sp³-hybridized carbons (Fsp3) is 0.217. The van der Waals surface area contributed by atoms with Gasteiger partial charge in [-0.25, -0.2) is 4.79 Å². The minimum Gasteiger partial charge on any atom is -0.496 e. The predicted molar refractivity (Wildman–Crippen MR) is 110 cm³/mol. The quantitative estimate of drug-likeness (QED) is 0.720. The second-order valence-corrected chi connectivity index (χ2v) is 6.69. The first-order chi connectivity index (χ1) is 14.7. The number of ether oxygens (including phenoxy) is 4. The van der Waals surface area contributed by atoms with Crippen LogP contribution in [0.2, 0.25) is 0 Å². The molecule has 0 radical (unpaired) electrons. The number of nitrogens with zero attached hydrogens (tertiary/aromatic N) is 1. The van der Waals surface area contributed by atoms with E-state index >= 15 is 0 Å². The van der Waals surface area contributed by atoms with Crippen molar-refractivity contribution in [3.63, 3.8) is 0 Å². The molecule has 4 rings (SSSR count). The highest BCUT2D eigenvalue weighted by Gasteiger charge is 2.28. The second kappa shape index (κ2) is 8.84. The monoisotopic (exact) mass is 407 g/mol. The molecule has 0 bridgehead atoms. The first-order valence-corrected chi connectivity index (χ1v) is 9.58. The summed E-state index contributed by atoms with van der Waals surface area (Å²) < 4.78 is 21.6. The molecule has 0 spiro atoms. The van der Waals surface area contributed by atoms with Crippen molar-refractivity contribution in [3.8, 4) is 17.2 Å². The molecule has 0 N–H and O–H groups in total. The fourth-order valence-electron chi connectivity index (χ4n) is 3.20. The third-order valence-electron chi connectivity index (χ3n) is 4.78. The van der Waals surface area contributed by atoms with Crippen molar-refractivity contribution in [1.82, 2.24) is 4.90 Å². The molecular weight excluding hydrogens is 386 g/mol. The van der Waals surface area contributed by atoms with Crippen LogP contribution in [-0.2, 0) is 4.74 Å². The van der Waals surface area contributed by atoms with Gasteiger partial charge in [-0.05, 0) is 24.3 Å². The van der Waals surface area contributed by atoms with E-state index in [-0.39, 0.29) is 11.5 Å². The molecule has 154 valence electrons.